The van der Waals surface area contributed by atoms with E-state index in [0.717, 1.165) is 17.8 Å². The minimum atomic E-state index is -0.714. The Kier molecular flexibility index (Phi) is 6.16. The monoisotopic (exact) mass is 343 g/mol. The van der Waals surface area contributed by atoms with Crippen molar-refractivity contribution < 1.29 is 19.2 Å². The number of nitro benzene ring substituents is 1. The van der Waals surface area contributed by atoms with Crippen LogP contribution in [0.1, 0.15) is 33.3 Å². The Morgan fingerprint density at radius 1 is 1.24 bits per heavy atom. The number of pyridine rings is 1. The van der Waals surface area contributed by atoms with Crippen LogP contribution in [-0.4, -0.2) is 34.9 Å². The molecule has 0 atom stereocenters. The van der Waals surface area contributed by atoms with Gasteiger partial charge >= 0.3 is 5.97 Å². The smallest absolute Gasteiger partial charge is 0.338 e. The van der Waals surface area contributed by atoms with Crippen molar-refractivity contribution in [3.05, 3.63) is 69.5 Å². The molecular weight excluding hydrogens is 326 g/mol. The summed E-state index contributed by atoms with van der Waals surface area (Å²) in [5.74, 6) is -1.22. The van der Waals surface area contributed by atoms with Crippen molar-refractivity contribution in [2.24, 2.45) is 0 Å². The van der Waals surface area contributed by atoms with Gasteiger partial charge < -0.3 is 10.1 Å². The lowest BCUT2D eigenvalue weighted by Crippen LogP contribution is -2.26. The number of esters is 1. The predicted molar refractivity (Wildman–Crippen MR) is 89.3 cm³/mol. The molecule has 0 aliphatic carbocycles. The zero-order valence-electron chi connectivity index (χ0n) is 13.6. The normalized spacial score (nSPS) is 10.1. The van der Waals surface area contributed by atoms with Crippen LogP contribution in [0.3, 0.4) is 0 Å². The molecule has 0 bridgehead atoms. The number of nitrogens with one attached hydrogen (secondary N) is 1. The van der Waals surface area contributed by atoms with Crippen LogP contribution in [0.5, 0.6) is 0 Å². The lowest BCUT2D eigenvalue weighted by Gasteiger charge is -2.07. The maximum absolute atomic E-state index is 12.2. The third kappa shape index (κ3) is 5.10. The van der Waals surface area contributed by atoms with Gasteiger partial charge in [0.2, 0.25) is 0 Å². The van der Waals surface area contributed by atoms with E-state index in [0.29, 0.717) is 13.0 Å². The van der Waals surface area contributed by atoms with Crippen molar-refractivity contribution >= 4 is 17.6 Å². The van der Waals surface area contributed by atoms with Gasteiger partial charge in [0.25, 0.3) is 11.6 Å². The SMILES string of the molecule is CCOC(=O)c1cc(C(=O)NCCc2ccccn2)cc([N+](=O)[O-])c1. The topological polar surface area (TPSA) is 111 Å². The highest BCUT2D eigenvalue weighted by atomic mass is 16.6. The van der Waals surface area contributed by atoms with Crippen molar-refractivity contribution in [1.82, 2.24) is 10.3 Å². The summed E-state index contributed by atoms with van der Waals surface area (Å²) < 4.78 is 4.83. The van der Waals surface area contributed by atoms with Crippen LogP contribution in [0, 0.1) is 10.1 Å². The number of carbonyl (C=O) groups excluding carboxylic acids is 2. The van der Waals surface area contributed by atoms with Crippen LogP contribution in [-0.2, 0) is 11.2 Å². The molecule has 1 amide bonds. The van der Waals surface area contributed by atoms with Gasteiger partial charge in [0, 0.05) is 42.6 Å². The molecule has 0 aliphatic heterocycles. The van der Waals surface area contributed by atoms with E-state index in [1.807, 2.05) is 12.1 Å². The molecule has 1 N–H and O–H groups in total. The maximum Gasteiger partial charge on any atom is 0.338 e. The Morgan fingerprint density at radius 2 is 2.00 bits per heavy atom. The van der Waals surface area contributed by atoms with E-state index in [2.05, 4.69) is 10.3 Å². The summed E-state index contributed by atoms with van der Waals surface area (Å²) in [5, 5.41) is 13.7. The number of amides is 1. The van der Waals surface area contributed by atoms with E-state index in [1.165, 1.54) is 6.07 Å². The molecule has 8 heteroatoms. The predicted octanol–water partition coefficient (Wildman–Crippen LogP) is 2.14. The van der Waals surface area contributed by atoms with E-state index in [4.69, 9.17) is 4.74 Å². The summed E-state index contributed by atoms with van der Waals surface area (Å²) in [6.07, 6.45) is 2.18. The summed E-state index contributed by atoms with van der Waals surface area (Å²) >= 11 is 0. The third-order valence-corrected chi connectivity index (χ3v) is 3.29. The first kappa shape index (κ1) is 18.1. The molecule has 0 saturated heterocycles. The number of aromatic nitrogens is 1. The first-order chi connectivity index (χ1) is 12.0. The van der Waals surface area contributed by atoms with Gasteiger partial charge in [-0.25, -0.2) is 4.79 Å². The minimum Gasteiger partial charge on any atom is -0.462 e. The van der Waals surface area contributed by atoms with Gasteiger partial charge in [0.15, 0.2) is 0 Å². The number of benzene rings is 1. The standard InChI is InChI=1S/C17H17N3O5/c1-2-25-17(22)13-9-12(10-15(11-13)20(23)24)16(21)19-8-6-14-5-3-4-7-18-14/h3-5,7,9-11H,2,6,8H2,1H3,(H,19,21). The maximum atomic E-state index is 12.2. The Morgan fingerprint density at radius 3 is 2.64 bits per heavy atom. The van der Waals surface area contributed by atoms with E-state index in [-0.39, 0.29) is 23.4 Å². The molecule has 2 aromatic rings. The first-order valence-electron chi connectivity index (χ1n) is 7.66. The summed E-state index contributed by atoms with van der Waals surface area (Å²) in [6, 6.07) is 8.96. The average Bonchev–Trinajstić information content (AvgIpc) is 2.62. The second-order valence-corrected chi connectivity index (χ2v) is 5.07. The fraction of sp³-hybridized carbons (Fsp3) is 0.235. The molecule has 2 rings (SSSR count). The summed E-state index contributed by atoms with van der Waals surface area (Å²) in [7, 11) is 0. The minimum absolute atomic E-state index is 0.0262. The van der Waals surface area contributed by atoms with Gasteiger partial charge in [0.05, 0.1) is 17.1 Å². The third-order valence-electron chi connectivity index (χ3n) is 3.29. The number of nitro groups is 1. The van der Waals surface area contributed by atoms with Crippen LogP contribution >= 0.6 is 0 Å². The molecule has 1 heterocycles. The Hall–Kier alpha value is -3.29. The quantitative estimate of drug-likeness (QED) is 0.468. The fourth-order valence-corrected chi connectivity index (χ4v) is 2.13. The van der Waals surface area contributed by atoms with Crippen molar-refractivity contribution in [2.45, 2.75) is 13.3 Å². The van der Waals surface area contributed by atoms with E-state index >= 15 is 0 Å². The number of non-ortho nitro benzene ring substituents is 1. The van der Waals surface area contributed by atoms with Gasteiger partial charge in [0.1, 0.15) is 0 Å². The molecule has 0 radical (unpaired) electrons. The first-order valence-corrected chi connectivity index (χ1v) is 7.66. The van der Waals surface area contributed by atoms with Gasteiger partial charge in [-0.1, -0.05) is 6.07 Å². The number of hydrogen-bond acceptors (Lipinski definition) is 6. The fourth-order valence-electron chi connectivity index (χ4n) is 2.13. The van der Waals surface area contributed by atoms with Crippen LogP contribution in [0.4, 0.5) is 5.69 Å². The number of carbonyl (C=O) groups is 2. The molecule has 1 aromatic heterocycles. The summed E-state index contributed by atoms with van der Waals surface area (Å²) in [4.78, 5) is 38.5. The van der Waals surface area contributed by atoms with E-state index < -0.39 is 16.8 Å². The average molecular weight is 343 g/mol. The lowest BCUT2D eigenvalue weighted by atomic mass is 10.1. The highest BCUT2D eigenvalue weighted by molar-refractivity contribution is 5.99. The van der Waals surface area contributed by atoms with Crippen LogP contribution in [0.2, 0.25) is 0 Å². The van der Waals surface area contributed by atoms with Crippen LogP contribution in [0.25, 0.3) is 0 Å². The number of hydrogen-bond donors (Lipinski definition) is 1. The van der Waals surface area contributed by atoms with Gasteiger partial charge in [-0.3, -0.25) is 19.9 Å². The Labute approximate surface area is 144 Å². The van der Waals surface area contributed by atoms with Crippen molar-refractivity contribution in [2.75, 3.05) is 13.2 Å². The molecule has 130 valence electrons. The molecule has 0 unspecified atom stereocenters. The molecule has 25 heavy (non-hydrogen) atoms. The van der Waals surface area contributed by atoms with Crippen molar-refractivity contribution in [3.8, 4) is 0 Å². The zero-order valence-corrected chi connectivity index (χ0v) is 13.6. The second-order valence-electron chi connectivity index (χ2n) is 5.07. The molecule has 8 nitrogen and oxygen atoms in total. The highest BCUT2D eigenvalue weighted by Gasteiger charge is 2.18. The molecule has 0 fully saturated rings. The van der Waals surface area contributed by atoms with E-state index in [9.17, 15) is 19.7 Å². The highest BCUT2D eigenvalue weighted by Crippen LogP contribution is 2.18. The van der Waals surface area contributed by atoms with Gasteiger partial charge in [-0.15, -0.1) is 0 Å². The number of ether oxygens (including phenoxy) is 1. The van der Waals surface area contributed by atoms with Crippen molar-refractivity contribution in [3.63, 3.8) is 0 Å². The summed E-state index contributed by atoms with van der Waals surface area (Å²) in [5.41, 5.74) is 0.457. The number of rotatable bonds is 7. The van der Waals surface area contributed by atoms with Crippen LogP contribution in [0.15, 0.2) is 42.6 Å². The largest absolute Gasteiger partial charge is 0.462 e. The van der Waals surface area contributed by atoms with E-state index in [1.54, 1.807) is 19.2 Å². The zero-order chi connectivity index (χ0) is 18.2. The lowest BCUT2D eigenvalue weighted by molar-refractivity contribution is -0.384. The van der Waals surface area contributed by atoms with Gasteiger partial charge in [-0.2, -0.15) is 0 Å². The number of nitrogens with zero attached hydrogens (tertiary/aromatic N) is 2. The molecule has 0 aliphatic rings. The molecular formula is C17H17N3O5. The van der Waals surface area contributed by atoms with Crippen molar-refractivity contribution in [1.29, 1.82) is 0 Å². The summed E-state index contributed by atoms with van der Waals surface area (Å²) in [6.45, 7) is 2.07. The molecule has 0 saturated carbocycles. The molecule has 0 spiro atoms. The van der Waals surface area contributed by atoms with Crippen LogP contribution < -0.4 is 5.32 Å². The Balaban J connectivity index is 2.11. The molecule has 1 aromatic carbocycles. The Bertz CT molecular complexity index is 777. The second kappa shape index (κ2) is 8.53. The van der Waals surface area contributed by atoms with Gasteiger partial charge in [-0.05, 0) is 25.1 Å².